The van der Waals surface area contributed by atoms with E-state index in [-0.39, 0.29) is 23.0 Å². The average molecular weight is 431 g/mol. The Morgan fingerprint density at radius 3 is 2.33 bits per heavy atom. The zero-order chi connectivity index (χ0) is 21.7. The number of rotatable bonds is 6. The van der Waals surface area contributed by atoms with E-state index in [0.29, 0.717) is 24.3 Å². The molecule has 0 bridgehead atoms. The lowest BCUT2D eigenvalue weighted by atomic mass is 10.1. The van der Waals surface area contributed by atoms with E-state index in [4.69, 9.17) is 4.74 Å². The molecule has 1 saturated heterocycles. The number of carbonyl (C=O) groups excluding carboxylic acids is 2. The van der Waals surface area contributed by atoms with E-state index in [1.807, 2.05) is 6.92 Å². The molecule has 1 N–H and O–H groups in total. The van der Waals surface area contributed by atoms with Gasteiger partial charge in [-0.25, -0.2) is 13.2 Å². The number of esters is 1. The molecule has 160 valence electrons. The Kier molecular flexibility index (Phi) is 6.77. The fraction of sp³-hybridized carbons (Fsp3) is 0.364. The Balaban J connectivity index is 1.71. The van der Waals surface area contributed by atoms with E-state index < -0.39 is 16.0 Å². The molecule has 3 rings (SSSR count). The largest absolute Gasteiger partial charge is 0.452 e. The highest BCUT2D eigenvalue weighted by Gasteiger charge is 2.22. The standard InChI is InChI=1S/C22H26N2O5S/c1-16-6-10-19(11-7-16)23-30(27,28)20-14-18(9-8-17(20)2)22(26)29-15-21(25)24-12-4-3-5-13-24/h6-11,14,23H,3-5,12-13,15H2,1-2H3. The van der Waals surface area contributed by atoms with Gasteiger partial charge in [-0.1, -0.05) is 23.8 Å². The molecule has 1 fully saturated rings. The number of aryl methyl sites for hydroxylation is 2. The quantitative estimate of drug-likeness (QED) is 0.710. The molecule has 0 spiro atoms. The average Bonchev–Trinajstić information content (AvgIpc) is 2.74. The van der Waals surface area contributed by atoms with Crippen LogP contribution in [-0.2, 0) is 19.6 Å². The summed E-state index contributed by atoms with van der Waals surface area (Å²) < 4.78 is 33.3. The number of nitrogens with one attached hydrogen (secondary N) is 1. The summed E-state index contributed by atoms with van der Waals surface area (Å²) in [5.74, 6) is -0.962. The summed E-state index contributed by atoms with van der Waals surface area (Å²) in [7, 11) is -3.89. The number of amides is 1. The molecule has 2 aromatic carbocycles. The molecule has 0 aromatic heterocycles. The lowest BCUT2D eigenvalue weighted by molar-refractivity contribution is -0.135. The predicted molar refractivity (Wildman–Crippen MR) is 114 cm³/mol. The lowest BCUT2D eigenvalue weighted by Gasteiger charge is -2.26. The van der Waals surface area contributed by atoms with Gasteiger partial charge in [0.15, 0.2) is 6.61 Å². The number of anilines is 1. The number of hydrogen-bond acceptors (Lipinski definition) is 5. The van der Waals surface area contributed by atoms with Crippen molar-refractivity contribution in [2.24, 2.45) is 0 Å². The van der Waals surface area contributed by atoms with Gasteiger partial charge in [0.2, 0.25) is 0 Å². The summed E-state index contributed by atoms with van der Waals surface area (Å²) in [6.45, 7) is 4.56. The SMILES string of the molecule is Cc1ccc(NS(=O)(=O)c2cc(C(=O)OCC(=O)N3CCCCC3)ccc2C)cc1. The molecule has 1 aliphatic rings. The first-order chi connectivity index (χ1) is 14.3. The van der Waals surface area contributed by atoms with Gasteiger partial charge >= 0.3 is 5.97 Å². The van der Waals surface area contributed by atoms with Crippen molar-refractivity contribution in [1.82, 2.24) is 4.90 Å². The van der Waals surface area contributed by atoms with Crippen LogP contribution < -0.4 is 4.72 Å². The van der Waals surface area contributed by atoms with Crippen molar-refractivity contribution in [1.29, 1.82) is 0 Å². The minimum absolute atomic E-state index is 0.0140. The highest BCUT2D eigenvalue weighted by atomic mass is 32.2. The first kappa shape index (κ1) is 21.8. The smallest absolute Gasteiger partial charge is 0.338 e. The third-order valence-corrected chi connectivity index (χ3v) is 6.58. The van der Waals surface area contributed by atoms with Gasteiger partial charge in [-0.05, 0) is 62.9 Å². The van der Waals surface area contributed by atoms with Crippen LogP contribution in [0.3, 0.4) is 0 Å². The van der Waals surface area contributed by atoms with Gasteiger partial charge in [0.25, 0.3) is 15.9 Å². The maximum Gasteiger partial charge on any atom is 0.338 e. The number of sulfonamides is 1. The fourth-order valence-electron chi connectivity index (χ4n) is 3.29. The summed E-state index contributed by atoms with van der Waals surface area (Å²) in [5, 5.41) is 0. The maximum absolute atomic E-state index is 12.8. The van der Waals surface area contributed by atoms with Crippen molar-refractivity contribution in [3.8, 4) is 0 Å². The molecule has 0 unspecified atom stereocenters. The highest BCUT2D eigenvalue weighted by Crippen LogP contribution is 2.21. The molecule has 7 nitrogen and oxygen atoms in total. The van der Waals surface area contributed by atoms with Gasteiger partial charge in [0.05, 0.1) is 10.5 Å². The number of nitrogens with zero attached hydrogens (tertiary/aromatic N) is 1. The van der Waals surface area contributed by atoms with Crippen LogP contribution in [0.1, 0.15) is 40.7 Å². The summed E-state index contributed by atoms with van der Waals surface area (Å²) >= 11 is 0. The Labute approximate surface area is 177 Å². The molecule has 0 saturated carbocycles. The summed E-state index contributed by atoms with van der Waals surface area (Å²) in [6.07, 6.45) is 3.00. The number of carbonyl (C=O) groups is 2. The Hall–Kier alpha value is -2.87. The second-order valence-electron chi connectivity index (χ2n) is 7.47. The van der Waals surface area contributed by atoms with E-state index in [9.17, 15) is 18.0 Å². The van der Waals surface area contributed by atoms with Crippen LogP contribution in [0.25, 0.3) is 0 Å². The van der Waals surface area contributed by atoms with E-state index in [1.54, 1.807) is 42.2 Å². The van der Waals surface area contributed by atoms with Gasteiger partial charge in [-0.15, -0.1) is 0 Å². The van der Waals surface area contributed by atoms with Crippen LogP contribution in [0.4, 0.5) is 5.69 Å². The van der Waals surface area contributed by atoms with Crippen LogP contribution in [-0.4, -0.2) is 44.9 Å². The van der Waals surface area contributed by atoms with Crippen molar-refractivity contribution in [3.05, 3.63) is 59.2 Å². The molecule has 2 aromatic rings. The third kappa shape index (κ3) is 5.38. The molecule has 8 heteroatoms. The molecule has 0 radical (unpaired) electrons. The normalized spacial score (nSPS) is 14.3. The van der Waals surface area contributed by atoms with Gasteiger partial charge in [0, 0.05) is 18.8 Å². The minimum Gasteiger partial charge on any atom is -0.452 e. The Morgan fingerprint density at radius 1 is 1.00 bits per heavy atom. The maximum atomic E-state index is 12.8. The topological polar surface area (TPSA) is 92.8 Å². The van der Waals surface area contributed by atoms with Crippen molar-refractivity contribution in [2.45, 2.75) is 38.0 Å². The van der Waals surface area contributed by atoms with Crippen LogP contribution in [0.15, 0.2) is 47.4 Å². The van der Waals surface area contributed by atoms with Crippen LogP contribution in [0, 0.1) is 13.8 Å². The van der Waals surface area contributed by atoms with Crippen molar-refractivity contribution >= 4 is 27.6 Å². The minimum atomic E-state index is -3.89. The van der Waals surface area contributed by atoms with Gasteiger partial charge in [-0.3, -0.25) is 9.52 Å². The number of ether oxygens (including phenoxy) is 1. The number of benzene rings is 2. The van der Waals surface area contributed by atoms with E-state index >= 15 is 0 Å². The second kappa shape index (κ2) is 9.30. The summed E-state index contributed by atoms with van der Waals surface area (Å²) in [5.41, 5.74) is 2.02. The Morgan fingerprint density at radius 2 is 1.67 bits per heavy atom. The molecule has 1 aliphatic heterocycles. The number of hydrogen-bond donors (Lipinski definition) is 1. The zero-order valence-corrected chi connectivity index (χ0v) is 18.0. The van der Waals surface area contributed by atoms with Crippen LogP contribution >= 0.6 is 0 Å². The Bertz CT molecular complexity index is 1030. The van der Waals surface area contributed by atoms with Crippen LogP contribution in [0.5, 0.6) is 0 Å². The molecule has 1 amide bonds. The summed E-state index contributed by atoms with van der Waals surface area (Å²) in [4.78, 5) is 26.3. The first-order valence-corrected chi connectivity index (χ1v) is 11.4. The highest BCUT2D eigenvalue weighted by molar-refractivity contribution is 7.92. The molecular formula is C22H26N2O5S. The van der Waals surface area contributed by atoms with Crippen molar-refractivity contribution < 1.29 is 22.7 Å². The third-order valence-electron chi connectivity index (χ3n) is 5.05. The number of piperidine rings is 1. The fourth-order valence-corrected chi connectivity index (χ4v) is 4.62. The van der Waals surface area contributed by atoms with Crippen molar-refractivity contribution in [2.75, 3.05) is 24.4 Å². The monoisotopic (exact) mass is 430 g/mol. The molecular weight excluding hydrogens is 404 g/mol. The van der Waals surface area contributed by atoms with E-state index in [1.165, 1.54) is 12.1 Å². The summed E-state index contributed by atoms with van der Waals surface area (Å²) in [6, 6.07) is 11.3. The molecule has 0 aliphatic carbocycles. The molecule has 1 heterocycles. The van der Waals surface area contributed by atoms with E-state index in [2.05, 4.69) is 4.72 Å². The molecule has 30 heavy (non-hydrogen) atoms. The first-order valence-electron chi connectivity index (χ1n) is 9.91. The van der Waals surface area contributed by atoms with E-state index in [0.717, 1.165) is 24.8 Å². The van der Waals surface area contributed by atoms with Crippen LogP contribution in [0.2, 0.25) is 0 Å². The predicted octanol–water partition coefficient (Wildman–Crippen LogP) is 3.27. The van der Waals surface area contributed by atoms with Gasteiger partial charge in [0.1, 0.15) is 0 Å². The second-order valence-corrected chi connectivity index (χ2v) is 9.12. The number of likely N-dealkylation sites (tertiary alicyclic amines) is 1. The zero-order valence-electron chi connectivity index (χ0n) is 17.2. The lowest BCUT2D eigenvalue weighted by Crippen LogP contribution is -2.38. The van der Waals surface area contributed by atoms with Gasteiger partial charge < -0.3 is 9.64 Å². The van der Waals surface area contributed by atoms with Gasteiger partial charge in [-0.2, -0.15) is 0 Å². The molecule has 0 atom stereocenters. The van der Waals surface area contributed by atoms with Crippen molar-refractivity contribution in [3.63, 3.8) is 0 Å².